The lowest BCUT2D eigenvalue weighted by molar-refractivity contribution is -0.150. The molecule has 4 aliphatic rings. The summed E-state index contributed by atoms with van der Waals surface area (Å²) in [5.41, 5.74) is 13.7. The van der Waals surface area contributed by atoms with Gasteiger partial charge in [-0.05, 0) is 146 Å². The summed E-state index contributed by atoms with van der Waals surface area (Å²) in [7, 11) is -4.20. The molecule has 6 rings (SSSR count). The summed E-state index contributed by atoms with van der Waals surface area (Å²) in [5.74, 6) is -3.72. The first kappa shape index (κ1) is 54.6. The average molecular weight is 1020 g/mol. The van der Waals surface area contributed by atoms with Crippen molar-refractivity contribution in [2.24, 2.45) is 16.5 Å². The summed E-state index contributed by atoms with van der Waals surface area (Å²) in [6.45, 7) is 13.1. The van der Waals surface area contributed by atoms with E-state index in [0.29, 0.717) is 84.4 Å². The Bertz CT molecular complexity index is 2550. The van der Waals surface area contributed by atoms with E-state index < -0.39 is 86.9 Å². The van der Waals surface area contributed by atoms with Gasteiger partial charge in [0.25, 0.3) is 10.0 Å². The van der Waals surface area contributed by atoms with E-state index in [1.165, 1.54) is 9.80 Å². The van der Waals surface area contributed by atoms with Crippen molar-refractivity contribution >= 4 is 63.1 Å². The molecule has 5 atom stereocenters. The average Bonchev–Trinajstić information content (AvgIpc) is 4.06. The van der Waals surface area contributed by atoms with Gasteiger partial charge in [-0.1, -0.05) is 29.8 Å². The largest absolute Gasteiger partial charge is 0.487 e. The number of carboxylic acids is 1. The fourth-order valence-electron chi connectivity index (χ4n) is 10.2. The van der Waals surface area contributed by atoms with Crippen molar-refractivity contribution in [2.75, 3.05) is 19.6 Å². The van der Waals surface area contributed by atoms with Gasteiger partial charge < -0.3 is 47.1 Å². The lowest BCUT2D eigenvalue weighted by Crippen LogP contribution is -2.67. The summed E-state index contributed by atoms with van der Waals surface area (Å²) >= 11 is 6.27. The van der Waals surface area contributed by atoms with Crippen LogP contribution in [0.5, 0.6) is 5.75 Å². The molecule has 3 aliphatic heterocycles. The van der Waals surface area contributed by atoms with E-state index in [-0.39, 0.29) is 69.0 Å². The van der Waals surface area contributed by atoms with Crippen molar-refractivity contribution < 1.29 is 47.0 Å². The lowest BCUT2D eigenvalue weighted by atomic mass is 9.75. The van der Waals surface area contributed by atoms with Gasteiger partial charge in [0.1, 0.15) is 41.1 Å². The number of carboxylic acid groups (broad SMARTS) is 1. The highest BCUT2D eigenvalue weighted by Crippen LogP contribution is 2.44. The predicted molar refractivity (Wildman–Crippen MR) is 268 cm³/mol. The van der Waals surface area contributed by atoms with Crippen LogP contribution in [0.2, 0.25) is 5.02 Å². The summed E-state index contributed by atoms with van der Waals surface area (Å²) in [4.78, 5) is 89.7. The monoisotopic (exact) mass is 1020 g/mol. The lowest BCUT2D eigenvalue weighted by Gasteiger charge is -2.43. The van der Waals surface area contributed by atoms with Crippen LogP contribution in [-0.2, 0) is 51.6 Å². The van der Waals surface area contributed by atoms with Gasteiger partial charge in [0.2, 0.25) is 35.5 Å². The fourth-order valence-corrected chi connectivity index (χ4v) is 11.9. The molecule has 2 aromatic carbocycles. The van der Waals surface area contributed by atoms with E-state index in [9.17, 15) is 42.3 Å². The maximum Gasteiger partial charge on any atom is 0.326 e. The molecule has 0 radical (unpaired) electrons. The van der Waals surface area contributed by atoms with Crippen LogP contribution in [0.4, 0.5) is 0 Å². The number of nitrogens with two attached hydrogens (primary N) is 2. The third-order valence-corrected chi connectivity index (χ3v) is 16.1. The highest BCUT2D eigenvalue weighted by molar-refractivity contribution is 7.90. The molecular weight excluding hydrogens is 954 g/mol. The molecule has 2 aromatic rings. The minimum Gasteiger partial charge on any atom is -0.487 e. The number of amides is 5. The Balaban J connectivity index is 1.15. The molecule has 19 nitrogen and oxygen atoms in total. The molecule has 9 N–H and O–H groups in total. The van der Waals surface area contributed by atoms with Crippen LogP contribution in [0.15, 0.2) is 46.8 Å². The number of guanidine groups is 1. The number of hydrogen-bond acceptors (Lipinski definition) is 11. The number of hydrogen-bond donors (Lipinski definition) is 7. The minimum atomic E-state index is -4.20. The topological polar surface area (TPSA) is 285 Å². The SMILES string of the molecule is C=CCCC[C@H](N)C(=O)N[C@@H](Cc1cccc(Cl)c1)C(=O)N1CCC[C@H]1C(=O)NC1(C(=O)N[C@@H](CCCN=C(N)NS(=O)(=O)c2c(C)c(C)c3c(c2C)CC(C)(C)O3)C(=O)N2CCC[C@H]2C(=O)O)CCC1. The van der Waals surface area contributed by atoms with E-state index >= 15 is 0 Å². The molecule has 5 amide bonds. The molecule has 0 aromatic heterocycles. The quantitative estimate of drug-likeness (QED) is 0.0410. The highest BCUT2D eigenvalue weighted by Gasteiger charge is 2.50. The Morgan fingerprint density at radius 1 is 0.944 bits per heavy atom. The number of carbonyl (C=O) groups excluding carboxylic acids is 5. The molecule has 1 aliphatic carbocycles. The minimum absolute atomic E-state index is 0.0262. The molecule has 2 saturated heterocycles. The van der Waals surface area contributed by atoms with E-state index in [1.54, 1.807) is 44.2 Å². The van der Waals surface area contributed by atoms with Gasteiger partial charge in [-0.25, -0.2) is 17.9 Å². The van der Waals surface area contributed by atoms with Crippen LogP contribution < -0.4 is 36.9 Å². The Morgan fingerprint density at radius 2 is 1.61 bits per heavy atom. The molecule has 0 bridgehead atoms. The van der Waals surface area contributed by atoms with E-state index in [0.717, 1.165) is 5.56 Å². The number of benzene rings is 2. The van der Waals surface area contributed by atoms with Gasteiger partial charge in [0.05, 0.1) is 10.9 Å². The molecule has 21 heteroatoms. The molecule has 71 heavy (non-hydrogen) atoms. The number of aliphatic imine (C=N–C) groups is 1. The Hall–Kier alpha value is -5.73. The highest BCUT2D eigenvalue weighted by atomic mass is 35.5. The normalized spacial score (nSPS) is 20.4. The zero-order valence-electron chi connectivity index (χ0n) is 41.4. The number of sulfonamides is 1. The zero-order valence-corrected chi connectivity index (χ0v) is 43.0. The Labute approximate surface area is 421 Å². The van der Waals surface area contributed by atoms with Crippen LogP contribution in [-0.4, -0.2) is 126 Å². The van der Waals surface area contributed by atoms with Crippen molar-refractivity contribution in [3.63, 3.8) is 0 Å². The third kappa shape index (κ3) is 12.7. The predicted octanol–water partition coefficient (Wildman–Crippen LogP) is 3.35. The van der Waals surface area contributed by atoms with Crippen LogP contribution in [0.3, 0.4) is 0 Å². The third-order valence-electron chi connectivity index (χ3n) is 14.2. The number of halogens is 1. The van der Waals surface area contributed by atoms with Crippen molar-refractivity contribution in [3.05, 3.63) is 69.8 Å². The van der Waals surface area contributed by atoms with Gasteiger partial charge in [-0.3, -0.25) is 29.0 Å². The summed E-state index contributed by atoms with van der Waals surface area (Å²) in [6, 6.07) is 1.62. The maximum absolute atomic E-state index is 14.4. The second-order valence-corrected chi connectivity index (χ2v) is 22.0. The molecule has 3 heterocycles. The zero-order chi connectivity index (χ0) is 52.0. The van der Waals surface area contributed by atoms with E-state index in [2.05, 4.69) is 32.2 Å². The number of unbranched alkanes of at least 4 members (excludes halogenated alkanes) is 1. The number of likely N-dealkylation sites (tertiary alicyclic amines) is 2. The summed E-state index contributed by atoms with van der Waals surface area (Å²) in [5, 5.41) is 19.0. The molecule has 3 fully saturated rings. The first-order chi connectivity index (χ1) is 33.5. The first-order valence-corrected chi connectivity index (χ1v) is 26.4. The summed E-state index contributed by atoms with van der Waals surface area (Å²) in [6.07, 6.45) is 6.61. The molecule has 1 saturated carbocycles. The van der Waals surface area contributed by atoms with Gasteiger partial charge >= 0.3 is 5.97 Å². The fraction of sp³-hybridized carbons (Fsp3) is 0.580. The van der Waals surface area contributed by atoms with Crippen molar-refractivity contribution in [3.8, 4) is 5.75 Å². The van der Waals surface area contributed by atoms with Crippen LogP contribution >= 0.6 is 11.6 Å². The van der Waals surface area contributed by atoms with Gasteiger partial charge in [-0.2, -0.15) is 0 Å². The van der Waals surface area contributed by atoms with Crippen molar-refractivity contribution in [2.45, 2.75) is 171 Å². The molecule has 0 unspecified atom stereocenters. The standard InChI is InChI=1S/C50H70ClN9O10S/c1-7-8-9-17-35(52)42(61)55-37(27-32-15-10-16-33(51)26-32)45(64)59-24-12-19-38(59)43(62)57-50(21-14-22-50)47(67)56-36(44(63)60-25-13-20-39(60)46(65)66)18-11-23-54-48(53)58-71(68,69)41-30(3)29(2)40-34(31(41)4)28-49(5,6)70-40/h7,10,15-16,26,35-39H,1,8-9,11-14,17-25,27-28,52H2,2-6H3,(H,55,61)(H,56,67)(H,57,62)(H,65,66)(H3,53,54,58)/t35-,36-,37-,38-,39-/m0/s1. The second kappa shape index (κ2) is 22.8. The number of rotatable bonds is 21. The van der Waals surface area contributed by atoms with Crippen LogP contribution in [0, 0.1) is 20.8 Å². The number of fused-ring (bicyclic) bond motifs is 1. The van der Waals surface area contributed by atoms with Crippen LogP contribution in [0.1, 0.15) is 119 Å². The van der Waals surface area contributed by atoms with E-state index in [1.807, 2.05) is 20.8 Å². The van der Waals surface area contributed by atoms with Crippen LogP contribution in [0.25, 0.3) is 0 Å². The smallest absolute Gasteiger partial charge is 0.326 e. The summed E-state index contributed by atoms with van der Waals surface area (Å²) < 4.78 is 36.1. The van der Waals surface area contributed by atoms with Crippen molar-refractivity contribution in [1.29, 1.82) is 0 Å². The number of ether oxygens (including phenoxy) is 1. The number of allylic oxidation sites excluding steroid dienone is 1. The Morgan fingerprint density at radius 3 is 2.24 bits per heavy atom. The number of aliphatic carboxylic acids is 1. The van der Waals surface area contributed by atoms with Crippen molar-refractivity contribution in [1.82, 2.24) is 30.5 Å². The number of nitrogens with one attached hydrogen (secondary N) is 4. The van der Waals surface area contributed by atoms with Gasteiger partial charge in [0.15, 0.2) is 0 Å². The number of carbonyl (C=O) groups is 6. The first-order valence-electron chi connectivity index (χ1n) is 24.5. The Kier molecular flexibility index (Phi) is 17.5. The number of nitrogens with zero attached hydrogens (tertiary/aromatic N) is 3. The van der Waals surface area contributed by atoms with E-state index in [4.69, 9.17) is 27.8 Å². The van der Waals surface area contributed by atoms with Gasteiger partial charge in [0, 0.05) is 43.1 Å². The molecule has 0 spiro atoms. The molecular formula is C50H70ClN9O10S. The molecule has 388 valence electrons. The van der Waals surface area contributed by atoms with Gasteiger partial charge in [-0.15, -0.1) is 6.58 Å². The maximum atomic E-state index is 14.4. The second-order valence-electron chi connectivity index (χ2n) is 20.0.